The predicted octanol–water partition coefficient (Wildman–Crippen LogP) is 1.65. The van der Waals surface area contributed by atoms with Crippen LogP contribution < -0.4 is 20.2 Å². The molecule has 0 saturated heterocycles. The zero-order chi connectivity index (χ0) is 18.5. The van der Waals surface area contributed by atoms with Crippen LogP contribution >= 0.6 is 11.6 Å². The molecular formula is C17H14ClN3O5. The normalized spacial score (nSPS) is 12.2. The second-order valence-corrected chi connectivity index (χ2v) is 5.68. The fourth-order valence-corrected chi connectivity index (χ4v) is 2.32. The Morgan fingerprint density at radius 1 is 1.19 bits per heavy atom. The Morgan fingerprint density at radius 2 is 2.00 bits per heavy atom. The minimum absolute atomic E-state index is 0.0245. The molecule has 0 spiro atoms. The summed E-state index contributed by atoms with van der Waals surface area (Å²) in [5.74, 6) is 0.0567. The van der Waals surface area contributed by atoms with Gasteiger partial charge < -0.3 is 19.9 Å². The molecule has 0 aliphatic carbocycles. The van der Waals surface area contributed by atoms with Crippen molar-refractivity contribution in [2.45, 2.75) is 0 Å². The molecule has 3 N–H and O–H groups in total. The summed E-state index contributed by atoms with van der Waals surface area (Å²) in [7, 11) is 0. The number of halogens is 1. The average Bonchev–Trinajstić information content (AvgIpc) is 3.10. The minimum atomic E-state index is -0.531. The van der Waals surface area contributed by atoms with Gasteiger partial charge in [0.25, 0.3) is 11.8 Å². The largest absolute Gasteiger partial charge is 0.507 e. The Labute approximate surface area is 153 Å². The minimum Gasteiger partial charge on any atom is -0.507 e. The maximum atomic E-state index is 12.1. The number of carbonyl (C=O) groups is 2. The van der Waals surface area contributed by atoms with Crippen LogP contribution in [0.15, 0.2) is 41.5 Å². The standard InChI is InChI=1S/C17H14ClN3O5/c18-12-2-3-13(22)11(5-12)7-20-21-16(23)8-19-17(24)10-1-4-14-15(6-10)26-9-25-14/h1-7,22H,8-9H2,(H,19,24)(H,21,23)/b20-7+. The number of fused-ring (bicyclic) bond motifs is 1. The smallest absolute Gasteiger partial charge is 0.259 e. The molecule has 9 heteroatoms. The van der Waals surface area contributed by atoms with Crippen LogP contribution in [0.5, 0.6) is 17.2 Å². The molecule has 0 bridgehead atoms. The summed E-state index contributed by atoms with van der Waals surface area (Å²) in [5.41, 5.74) is 2.93. The Hall–Kier alpha value is -3.26. The quantitative estimate of drug-likeness (QED) is 0.544. The van der Waals surface area contributed by atoms with Gasteiger partial charge in [-0.05, 0) is 36.4 Å². The number of hydrogen-bond donors (Lipinski definition) is 3. The maximum Gasteiger partial charge on any atom is 0.259 e. The molecule has 2 aromatic carbocycles. The summed E-state index contributed by atoms with van der Waals surface area (Å²) in [6.07, 6.45) is 1.25. The van der Waals surface area contributed by atoms with Crippen LogP contribution in [0.2, 0.25) is 5.02 Å². The number of phenolic OH excluding ortho intramolecular Hbond substituents is 1. The number of aromatic hydroxyl groups is 1. The number of hydrazone groups is 1. The number of nitrogens with zero attached hydrogens (tertiary/aromatic N) is 1. The van der Waals surface area contributed by atoms with Crippen molar-refractivity contribution in [3.8, 4) is 17.2 Å². The van der Waals surface area contributed by atoms with E-state index in [0.29, 0.717) is 27.6 Å². The predicted molar refractivity (Wildman–Crippen MR) is 93.8 cm³/mol. The first-order valence-electron chi connectivity index (χ1n) is 7.51. The lowest BCUT2D eigenvalue weighted by molar-refractivity contribution is -0.120. The van der Waals surface area contributed by atoms with Crippen LogP contribution in [-0.2, 0) is 4.79 Å². The van der Waals surface area contributed by atoms with Crippen molar-refractivity contribution in [2.75, 3.05) is 13.3 Å². The van der Waals surface area contributed by atoms with Gasteiger partial charge in [0.05, 0.1) is 12.8 Å². The topological polar surface area (TPSA) is 109 Å². The number of carbonyl (C=O) groups excluding carboxylic acids is 2. The van der Waals surface area contributed by atoms with Gasteiger partial charge >= 0.3 is 0 Å². The third-order valence-electron chi connectivity index (χ3n) is 3.43. The highest BCUT2D eigenvalue weighted by atomic mass is 35.5. The fraction of sp³-hybridized carbons (Fsp3) is 0.118. The second kappa shape index (κ2) is 7.75. The van der Waals surface area contributed by atoms with Crippen LogP contribution in [0.25, 0.3) is 0 Å². The number of phenols is 1. The van der Waals surface area contributed by atoms with E-state index in [0.717, 1.165) is 0 Å². The lowest BCUT2D eigenvalue weighted by atomic mass is 10.2. The van der Waals surface area contributed by atoms with E-state index < -0.39 is 11.8 Å². The van der Waals surface area contributed by atoms with Gasteiger partial charge in [0.1, 0.15) is 5.75 Å². The highest BCUT2D eigenvalue weighted by Gasteiger charge is 2.16. The molecular weight excluding hydrogens is 362 g/mol. The van der Waals surface area contributed by atoms with Gasteiger partial charge in [-0.15, -0.1) is 0 Å². The molecule has 0 atom stereocenters. The molecule has 2 aromatic rings. The first-order valence-corrected chi connectivity index (χ1v) is 7.89. The number of nitrogens with one attached hydrogen (secondary N) is 2. The van der Waals surface area contributed by atoms with Crippen molar-refractivity contribution in [1.82, 2.24) is 10.7 Å². The van der Waals surface area contributed by atoms with Crippen LogP contribution in [-0.4, -0.2) is 36.5 Å². The van der Waals surface area contributed by atoms with Crippen LogP contribution in [0, 0.1) is 0 Å². The summed E-state index contributed by atoms with van der Waals surface area (Å²) in [6, 6.07) is 9.17. The monoisotopic (exact) mass is 375 g/mol. The number of amides is 2. The summed E-state index contributed by atoms with van der Waals surface area (Å²) >= 11 is 5.81. The molecule has 2 amide bonds. The van der Waals surface area contributed by atoms with E-state index in [4.69, 9.17) is 21.1 Å². The highest BCUT2D eigenvalue weighted by Crippen LogP contribution is 2.32. The summed E-state index contributed by atoms with van der Waals surface area (Å²) in [6.45, 7) is -0.158. The van der Waals surface area contributed by atoms with E-state index in [-0.39, 0.29) is 19.1 Å². The van der Waals surface area contributed by atoms with Gasteiger partial charge in [-0.3, -0.25) is 9.59 Å². The molecule has 0 radical (unpaired) electrons. The Kier molecular flexibility index (Phi) is 5.23. The third kappa shape index (κ3) is 4.22. The molecule has 0 saturated carbocycles. The van der Waals surface area contributed by atoms with Crippen molar-refractivity contribution in [3.05, 3.63) is 52.5 Å². The number of ether oxygens (including phenoxy) is 2. The second-order valence-electron chi connectivity index (χ2n) is 5.25. The van der Waals surface area contributed by atoms with E-state index in [1.54, 1.807) is 12.1 Å². The Balaban J connectivity index is 1.50. The van der Waals surface area contributed by atoms with E-state index in [1.807, 2.05) is 0 Å². The van der Waals surface area contributed by atoms with Crippen LogP contribution in [0.4, 0.5) is 0 Å². The molecule has 0 aromatic heterocycles. The molecule has 8 nitrogen and oxygen atoms in total. The van der Waals surface area contributed by atoms with Gasteiger partial charge in [-0.2, -0.15) is 5.10 Å². The van der Waals surface area contributed by atoms with Crippen LogP contribution in [0.3, 0.4) is 0 Å². The zero-order valence-corrected chi connectivity index (χ0v) is 14.1. The van der Waals surface area contributed by atoms with E-state index in [1.165, 1.54) is 30.5 Å². The fourth-order valence-electron chi connectivity index (χ4n) is 2.14. The summed E-state index contributed by atoms with van der Waals surface area (Å²) in [4.78, 5) is 23.8. The van der Waals surface area contributed by atoms with Gasteiger partial charge in [0.15, 0.2) is 11.5 Å². The van der Waals surface area contributed by atoms with E-state index in [2.05, 4.69) is 15.8 Å². The third-order valence-corrected chi connectivity index (χ3v) is 3.66. The first kappa shape index (κ1) is 17.6. The highest BCUT2D eigenvalue weighted by molar-refractivity contribution is 6.30. The van der Waals surface area contributed by atoms with Gasteiger partial charge in [0.2, 0.25) is 6.79 Å². The average molecular weight is 376 g/mol. The van der Waals surface area contributed by atoms with E-state index >= 15 is 0 Å². The number of hydrogen-bond acceptors (Lipinski definition) is 6. The Morgan fingerprint density at radius 3 is 2.85 bits per heavy atom. The molecule has 1 aliphatic heterocycles. The van der Waals surface area contributed by atoms with Gasteiger partial charge in [0, 0.05) is 16.1 Å². The number of benzene rings is 2. The lowest BCUT2D eigenvalue weighted by Gasteiger charge is -2.05. The summed E-state index contributed by atoms with van der Waals surface area (Å²) in [5, 5.41) is 16.2. The van der Waals surface area contributed by atoms with Crippen molar-refractivity contribution in [3.63, 3.8) is 0 Å². The molecule has 1 heterocycles. The van der Waals surface area contributed by atoms with Crippen molar-refractivity contribution >= 4 is 29.6 Å². The van der Waals surface area contributed by atoms with Crippen molar-refractivity contribution < 1.29 is 24.2 Å². The molecule has 134 valence electrons. The Bertz CT molecular complexity index is 885. The van der Waals surface area contributed by atoms with Crippen molar-refractivity contribution in [1.29, 1.82) is 0 Å². The van der Waals surface area contributed by atoms with Gasteiger partial charge in [-0.1, -0.05) is 11.6 Å². The molecule has 3 rings (SSSR count). The number of rotatable bonds is 5. The molecule has 1 aliphatic rings. The molecule has 0 fully saturated rings. The van der Waals surface area contributed by atoms with Crippen LogP contribution in [0.1, 0.15) is 15.9 Å². The zero-order valence-electron chi connectivity index (χ0n) is 13.4. The molecule has 0 unspecified atom stereocenters. The lowest BCUT2D eigenvalue weighted by Crippen LogP contribution is -2.34. The summed E-state index contributed by atoms with van der Waals surface area (Å²) < 4.78 is 10.4. The SMILES string of the molecule is O=C(CNC(=O)c1ccc2c(c1)OCO2)N/N=C/c1cc(Cl)ccc1O. The van der Waals surface area contributed by atoms with Crippen molar-refractivity contribution in [2.24, 2.45) is 5.10 Å². The first-order chi connectivity index (χ1) is 12.5. The van der Waals surface area contributed by atoms with E-state index in [9.17, 15) is 14.7 Å². The molecule has 26 heavy (non-hydrogen) atoms. The maximum absolute atomic E-state index is 12.1. The van der Waals surface area contributed by atoms with Gasteiger partial charge in [-0.25, -0.2) is 5.43 Å².